The molecule has 0 unspecified atom stereocenters. The number of carbonyl (C=O) groups excluding carboxylic acids is 3. The highest BCUT2D eigenvalue weighted by Gasteiger charge is 2.32. The Bertz CT molecular complexity index is 1090. The van der Waals surface area contributed by atoms with Crippen molar-refractivity contribution in [3.8, 4) is 0 Å². The standard InChI is InChI=1S/C27H34FN3O4S/c1-3-35-26(34)8-7-25(33)31-15-14-30(18-19(31)2)24(32)10-13-29-12-9-23-22(11-16-36-23)27(29)20-5-4-6-21(28)17-20/h4-6,11,16-17,19,27H,3,7-10,12-15,18H2,1-2H3/t19-,27-/m1/s1. The van der Waals surface area contributed by atoms with Gasteiger partial charge in [0.15, 0.2) is 0 Å². The maximum absolute atomic E-state index is 14.0. The van der Waals surface area contributed by atoms with Crippen LogP contribution in [0.4, 0.5) is 4.39 Å². The summed E-state index contributed by atoms with van der Waals surface area (Å²) in [5, 5.41) is 2.08. The van der Waals surface area contributed by atoms with Crippen molar-refractivity contribution >= 4 is 29.1 Å². The molecule has 2 atom stereocenters. The normalized spacial score (nSPS) is 20.2. The first-order chi connectivity index (χ1) is 17.4. The largest absolute Gasteiger partial charge is 0.466 e. The van der Waals surface area contributed by atoms with Crippen LogP contribution in [0.15, 0.2) is 35.7 Å². The quantitative estimate of drug-likeness (QED) is 0.503. The van der Waals surface area contributed by atoms with E-state index < -0.39 is 0 Å². The van der Waals surface area contributed by atoms with E-state index in [9.17, 15) is 18.8 Å². The van der Waals surface area contributed by atoms with Crippen molar-refractivity contribution in [2.45, 2.75) is 51.6 Å². The summed E-state index contributed by atoms with van der Waals surface area (Å²) in [6, 6.07) is 8.68. The fraction of sp³-hybridized carbons (Fsp3) is 0.519. The molecular weight excluding hydrogens is 481 g/mol. The second-order valence-corrected chi connectivity index (χ2v) is 10.4. The number of rotatable bonds is 8. The zero-order valence-corrected chi connectivity index (χ0v) is 21.8. The summed E-state index contributed by atoms with van der Waals surface area (Å²) in [4.78, 5) is 44.5. The molecule has 9 heteroatoms. The van der Waals surface area contributed by atoms with Gasteiger partial charge in [-0.2, -0.15) is 0 Å². The third-order valence-corrected chi connectivity index (χ3v) is 7.99. The molecule has 3 heterocycles. The minimum atomic E-state index is -0.365. The van der Waals surface area contributed by atoms with Gasteiger partial charge < -0.3 is 14.5 Å². The lowest BCUT2D eigenvalue weighted by Gasteiger charge is -2.41. The average Bonchev–Trinajstić information content (AvgIpc) is 3.34. The number of ether oxygens (including phenoxy) is 1. The molecule has 2 aliphatic heterocycles. The van der Waals surface area contributed by atoms with Crippen LogP contribution in [0.1, 0.15) is 55.2 Å². The van der Waals surface area contributed by atoms with Gasteiger partial charge in [0.05, 0.1) is 19.1 Å². The van der Waals surface area contributed by atoms with Crippen molar-refractivity contribution in [1.29, 1.82) is 0 Å². The molecule has 7 nitrogen and oxygen atoms in total. The van der Waals surface area contributed by atoms with Crippen LogP contribution >= 0.6 is 11.3 Å². The first kappa shape index (κ1) is 26.3. The molecule has 0 bridgehead atoms. The van der Waals surface area contributed by atoms with E-state index in [2.05, 4.69) is 16.3 Å². The molecule has 1 aromatic carbocycles. The number of nitrogens with zero attached hydrogens (tertiary/aromatic N) is 3. The van der Waals surface area contributed by atoms with E-state index in [1.807, 2.05) is 17.9 Å². The van der Waals surface area contributed by atoms with Gasteiger partial charge in [0.2, 0.25) is 11.8 Å². The predicted molar refractivity (Wildman–Crippen MR) is 136 cm³/mol. The number of thiophene rings is 1. The predicted octanol–water partition coefficient (Wildman–Crippen LogP) is 3.63. The summed E-state index contributed by atoms with van der Waals surface area (Å²) in [5.41, 5.74) is 2.11. The third-order valence-electron chi connectivity index (χ3n) is 6.99. The van der Waals surface area contributed by atoms with E-state index in [-0.39, 0.29) is 48.5 Å². The van der Waals surface area contributed by atoms with Crippen LogP contribution in [-0.2, 0) is 25.5 Å². The molecule has 0 aliphatic carbocycles. The lowest BCUT2D eigenvalue weighted by atomic mass is 9.93. The van der Waals surface area contributed by atoms with Crippen LogP contribution in [0.2, 0.25) is 0 Å². The van der Waals surface area contributed by atoms with Crippen molar-refractivity contribution in [3.63, 3.8) is 0 Å². The molecule has 4 rings (SSSR count). The highest BCUT2D eigenvalue weighted by molar-refractivity contribution is 7.10. The minimum absolute atomic E-state index is 0.0590. The van der Waals surface area contributed by atoms with Gasteiger partial charge >= 0.3 is 5.97 Å². The Balaban J connectivity index is 1.33. The zero-order chi connectivity index (χ0) is 25.7. The van der Waals surface area contributed by atoms with Crippen molar-refractivity contribution in [2.75, 3.05) is 39.3 Å². The Morgan fingerprint density at radius 3 is 2.67 bits per heavy atom. The van der Waals surface area contributed by atoms with Crippen LogP contribution in [0, 0.1) is 5.82 Å². The maximum atomic E-state index is 14.0. The monoisotopic (exact) mass is 515 g/mol. The molecule has 36 heavy (non-hydrogen) atoms. The zero-order valence-electron chi connectivity index (χ0n) is 21.0. The molecule has 0 radical (unpaired) electrons. The number of hydrogen-bond donors (Lipinski definition) is 0. The molecule has 2 aliphatic rings. The topological polar surface area (TPSA) is 70.2 Å². The lowest BCUT2D eigenvalue weighted by Crippen LogP contribution is -2.55. The van der Waals surface area contributed by atoms with Crippen molar-refractivity contribution < 1.29 is 23.5 Å². The SMILES string of the molecule is CCOC(=O)CCC(=O)N1CCN(C(=O)CCN2CCc3sccc3[C@H]2c2cccc(F)c2)C[C@H]1C. The first-order valence-electron chi connectivity index (χ1n) is 12.7. The van der Waals surface area contributed by atoms with Crippen molar-refractivity contribution in [1.82, 2.24) is 14.7 Å². The molecule has 2 amide bonds. The van der Waals surface area contributed by atoms with Gasteiger partial charge in [0.25, 0.3) is 0 Å². The van der Waals surface area contributed by atoms with Crippen LogP contribution in [-0.4, -0.2) is 77.9 Å². The van der Waals surface area contributed by atoms with E-state index in [0.717, 1.165) is 18.5 Å². The van der Waals surface area contributed by atoms with Gasteiger partial charge in [0.1, 0.15) is 5.82 Å². The molecule has 0 spiro atoms. The van der Waals surface area contributed by atoms with Gasteiger partial charge in [0, 0.05) is 56.5 Å². The summed E-state index contributed by atoms with van der Waals surface area (Å²) in [5.74, 6) is -0.638. The molecule has 2 aromatic rings. The third kappa shape index (κ3) is 6.13. The summed E-state index contributed by atoms with van der Waals surface area (Å²) in [6.07, 6.45) is 1.50. The van der Waals surface area contributed by atoms with Gasteiger partial charge in [-0.15, -0.1) is 11.3 Å². The highest BCUT2D eigenvalue weighted by atomic mass is 32.1. The Morgan fingerprint density at radius 1 is 1.08 bits per heavy atom. The fourth-order valence-corrected chi connectivity index (χ4v) is 6.12. The summed E-state index contributed by atoms with van der Waals surface area (Å²) in [6.45, 7) is 6.81. The molecule has 194 valence electrons. The van der Waals surface area contributed by atoms with Crippen LogP contribution in [0.25, 0.3) is 0 Å². The minimum Gasteiger partial charge on any atom is -0.466 e. The molecule has 0 saturated carbocycles. The number of carbonyl (C=O) groups is 3. The summed E-state index contributed by atoms with van der Waals surface area (Å²) < 4.78 is 18.9. The van der Waals surface area contributed by atoms with Gasteiger partial charge in [-0.25, -0.2) is 4.39 Å². The Kier molecular flexibility index (Phi) is 8.74. The maximum Gasteiger partial charge on any atom is 0.306 e. The number of piperazine rings is 1. The van der Waals surface area contributed by atoms with Crippen LogP contribution < -0.4 is 0 Å². The van der Waals surface area contributed by atoms with E-state index >= 15 is 0 Å². The van der Waals surface area contributed by atoms with E-state index in [0.29, 0.717) is 39.2 Å². The lowest BCUT2D eigenvalue weighted by molar-refractivity contribution is -0.147. The molecule has 1 aromatic heterocycles. The number of amides is 2. The molecule has 1 fully saturated rings. The van der Waals surface area contributed by atoms with Crippen LogP contribution in [0.5, 0.6) is 0 Å². The van der Waals surface area contributed by atoms with Gasteiger partial charge in [-0.1, -0.05) is 12.1 Å². The molecule has 0 N–H and O–H groups in total. The Hall–Kier alpha value is -2.78. The van der Waals surface area contributed by atoms with E-state index in [1.165, 1.54) is 16.5 Å². The number of benzene rings is 1. The van der Waals surface area contributed by atoms with E-state index in [1.54, 1.807) is 35.3 Å². The number of esters is 1. The second kappa shape index (κ2) is 12.0. The average molecular weight is 516 g/mol. The van der Waals surface area contributed by atoms with Crippen molar-refractivity contribution in [3.05, 3.63) is 57.5 Å². The Morgan fingerprint density at radius 2 is 1.92 bits per heavy atom. The van der Waals surface area contributed by atoms with Gasteiger partial charge in [-0.05, 0) is 55.0 Å². The number of halogens is 1. The Labute approximate surface area is 215 Å². The summed E-state index contributed by atoms with van der Waals surface area (Å²) in [7, 11) is 0. The van der Waals surface area contributed by atoms with Crippen molar-refractivity contribution in [2.24, 2.45) is 0 Å². The molecular formula is C27H34FN3O4S. The smallest absolute Gasteiger partial charge is 0.306 e. The van der Waals surface area contributed by atoms with Gasteiger partial charge in [-0.3, -0.25) is 19.3 Å². The number of fused-ring (bicyclic) bond motifs is 1. The van der Waals surface area contributed by atoms with Crippen LogP contribution in [0.3, 0.4) is 0 Å². The van der Waals surface area contributed by atoms with E-state index in [4.69, 9.17) is 4.74 Å². The summed E-state index contributed by atoms with van der Waals surface area (Å²) >= 11 is 1.73. The number of hydrogen-bond acceptors (Lipinski definition) is 6. The molecule has 1 saturated heterocycles. The highest BCUT2D eigenvalue weighted by Crippen LogP contribution is 2.38. The first-order valence-corrected chi connectivity index (χ1v) is 13.5. The second-order valence-electron chi connectivity index (χ2n) is 9.37. The fourth-order valence-electron chi connectivity index (χ4n) is 5.21.